The molecule has 0 fully saturated rings. The summed E-state index contributed by atoms with van der Waals surface area (Å²) in [6.07, 6.45) is -4.00. The lowest BCUT2D eigenvalue weighted by Crippen LogP contribution is -2.20. The van der Waals surface area contributed by atoms with E-state index in [0.717, 1.165) is 0 Å². The van der Waals surface area contributed by atoms with Gasteiger partial charge in [0, 0.05) is 4.43 Å². The molecule has 0 nitrogen and oxygen atoms in total. The first kappa shape index (κ1) is 8.52. The zero-order chi connectivity index (χ0) is 6.78. The van der Waals surface area contributed by atoms with Crippen molar-refractivity contribution in [1.82, 2.24) is 0 Å². The number of hydrogen-bond donors (Lipinski definition) is 0. The Morgan fingerprint density at radius 1 is 1.50 bits per heavy atom. The van der Waals surface area contributed by atoms with Crippen molar-refractivity contribution < 1.29 is 13.2 Å². The normalized spacial score (nSPS) is 16.1. The molecule has 0 N–H and O–H groups in total. The van der Waals surface area contributed by atoms with Crippen LogP contribution in [0.1, 0.15) is 6.92 Å². The molecule has 0 spiro atoms. The fraction of sp³-hybridized carbons (Fsp3) is 1.00. The Bertz CT molecular complexity index is 68.2. The van der Waals surface area contributed by atoms with Crippen LogP contribution in [0, 0.1) is 5.92 Å². The van der Waals surface area contributed by atoms with Gasteiger partial charge in [-0.3, -0.25) is 0 Å². The monoisotopic (exact) mass is 238 g/mol. The van der Waals surface area contributed by atoms with Gasteiger partial charge in [-0.25, -0.2) is 0 Å². The van der Waals surface area contributed by atoms with Gasteiger partial charge in [0.25, 0.3) is 0 Å². The second kappa shape index (κ2) is 2.89. The first-order chi connectivity index (χ1) is 3.48. The lowest BCUT2D eigenvalue weighted by atomic mass is 10.2. The van der Waals surface area contributed by atoms with Gasteiger partial charge >= 0.3 is 6.18 Å². The third kappa shape index (κ3) is 2.74. The smallest absolute Gasteiger partial charge is 0.171 e. The van der Waals surface area contributed by atoms with E-state index in [0.29, 0.717) is 0 Å². The first-order valence-corrected chi connectivity index (χ1v) is 3.63. The van der Waals surface area contributed by atoms with E-state index < -0.39 is 12.1 Å². The Labute approximate surface area is 59.6 Å². The summed E-state index contributed by atoms with van der Waals surface area (Å²) in [5, 5.41) is 0. The first-order valence-electron chi connectivity index (χ1n) is 2.11. The van der Waals surface area contributed by atoms with Gasteiger partial charge in [0.15, 0.2) is 0 Å². The lowest BCUT2D eigenvalue weighted by molar-refractivity contribution is -0.162. The molecular weight excluding hydrogens is 232 g/mol. The van der Waals surface area contributed by atoms with Crippen molar-refractivity contribution in [3.8, 4) is 0 Å². The van der Waals surface area contributed by atoms with Gasteiger partial charge in [-0.15, -0.1) is 0 Å². The topological polar surface area (TPSA) is 0 Å². The minimum atomic E-state index is -4.00. The van der Waals surface area contributed by atoms with E-state index in [1.807, 2.05) is 0 Å². The standard InChI is InChI=1S/C4H6F3I/c1-3(2-8)4(5,6)7/h3H,2H2,1H3/t3-/m1/s1. The van der Waals surface area contributed by atoms with Crippen LogP contribution in [0.3, 0.4) is 0 Å². The Morgan fingerprint density at radius 3 is 1.88 bits per heavy atom. The minimum absolute atomic E-state index is 0.140. The van der Waals surface area contributed by atoms with Gasteiger partial charge in [-0.05, 0) is 0 Å². The molecule has 0 saturated heterocycles. The van der Waals surface area contributed by atoms with Gasteiger partial charge in [-0.1, -0.05) is 29.5 Å². The quantitative estimate of drug-likeness (QED) is 0.486. The number of hydrogen-bond acceptors (Lipinski definition) is 0. The molecule has 0 heterocycles. The summed E-state index contributed by atoms with van der Waals surface area (Å²) in [6, 6.07) is 0. The summed E-state index contributed by atoms with van der Waals surface area (Å²) in [7, 11) is 0. The van der Waals surface area contributed by atoms with E-state index >= 15 is 0 Å². The second-order valence-corrected chi connectivity index (χ2v) is 2.48. The van der Waals surface area contributed by atoms with Gasteiger partial charge < -0.3 is 0 Å². The number of alkyl halides is 4. The average Bonchev–Trinajstić information content (AvgIpc) is 1.62. The molecule has 50 valence electrons. The molecule has 0 unspecified atom stereocenters. The van der Waals surface area contributed by atoms with Crippen LogP contribution in [-0.2, 0) is 0 Å². The summed E-state index contributed by atoms with van der Waals surface area (Å²) in [5.74, 6) is -1.16. The van der Waals surface area contributed by atoms with Crippen LogP contribution in [0.15, 0.2) is 0 Å². The zero-order valence-corrected chi connectivity index (χ0v) is 6.45. The van der Waals surface area contributed by atoms with E-state index in [4.69, 9.17) is 0 Å². The van der Waals surface area contributed by atoms with Crippen molar-refractivity contribution in [2.45, 2.75) is 13.1 Å². The highest BCUT2D eigenvalue weighted by Crippen LogP contribution is 2.26. The van der Waals surface area contributed by atoms with Crippen molar-refractivity contribution in [2.75, 3.05) is 4.43 Å². The summed E-state index contributed by atoms with van der Waals surface area (Å²) in [4.78, 5) is 0. The molecule has 0 aromatic carbocycles. The average molecular weight is 238 g/mol. The third-order valence-corrected chi connectivity index (χ3v) is 2.11. The molecule has 0 aliphatic carbocycles. The minimum Gasteiger partial charge on any atom is -0.171 e. The van der Waals surface area contributed by atoms with Crippen LogP contribution < -0.4 is 0 Å². The van der Waals surface area contributed by atoms with Crippen LogP contribution in [0.2, 0.25) is 0 Å². The summed E-state index contributed by atoms with van der Waals surface area (Å²) in [5.41, 5.74) is 0. The molecule has 0 aliphatic heterocycles. The Kier molecular flexibility index (Phi) is 3.08. The van der Waals surface area contributed by atoms with Crippen molar-refractivity contribution in [3.05, 3.63) is 0 Å². The van der Waals surface area contributed by atoms with Crippen molar-refractivity contribution in [2.24, 2.45) is 5.92 Å². The molecule has 0 aromatic rings. The fourth-order valence-electron chi connectivity index (χ4n) is 0.0875. The van der Waals surface area contributed by atoms with Gasteiger partial charge in [0.05, 0.1) is 5.92 Å². The third-order valence-electron chi connectivity index (χ3n) is 0.790. The summed E-state index contributed by atoms with van der Waals surface area (Å²) < 4.78 is 34.5. The highest BCUT2D eigenvalue weighted by molar-refractivity contribution is 14.1. The fourth-order valence-corrected chi connectivity index (χ4v) is 0.587. The molecule has 1 atom stereocenters. The van der Waals surface area contributed by atoms with Gasteiger partial charge in [0.2, 0.25) is 0 Å². The lowest BCUT2D eigenvalue weighted by Gasteiger charge is -2.10. The van der Waals surface area contributed by atoms with E-state index in [2.05, 4.69) is 0 Å². The SMILES string of the molecule is C[C@H](CI)C(F)(F)F. The van der Waals surface area contributed by atoms with E-state index in [1.54, 1.807) is 22.6 Å². The van der Waals surface area contributed by atoms with Crippen LogP contribution in [-0.4, -0.2) is 10.6 Å². The van der Waals surface area contributed by atoms with Crippen molar-refractivity contribution >= 4 is 22.6 Å². The maximum Gasteiger partial charge on any atom is 0.392 e. The molecule has 0 aromatic heterocycles. The maximum atomic E-state index is 11.4. The molecule has 0 amide bonds. The number of rotatable bonds is 1. The highest BCUT2D eigenvalue weighted by Gasteiger charge is 2.34. The van der Waals surface area contributed by atoms with Crippen molar-refractivity contribution in [3.63, 3.8) is 0 Å². The maximum absolute atomic E-state index is 11.4. The molecule has 0 aliphatic rings. The van der Waals surface area contributed by atoms with E-state index in [1.165, 1.54) is 6.92 Å². The Morgan fingerprint density at radius 2 is 1.88 bits per heavy atom. The van der Waals surface area contributed by atoms with Crippen LogP contribution in [0.4, 0.5) is 13.2 Å². The van der Waals surface area contributed by atoms with Gasteiger partial charge in [0.1, 0.15) is 0 Å². The molecule has 0 radical (unpaired) electrons. The van der Waals surface area contributed by atoms with Crippen LogP contribution in [0.25, 0.3) is 0 Å². The predicted molar refractivity (Wildman–Crippen MR) is 34.1 cm³/mol. The van der Waals surface area contributed by atoms with Crippen molar-refractivity contribution in [1.29, 1.82) is 0 Å². The number of halogens is 4. The largest absolute Gasteiger partial charge is 0.392 e. The zero-order valence-electron chi connectivity index (χ0n) is 4.30. The summed E-state index contributed by atoms with van der Waals surface area (Å²) in [6.45, 7) is 1.17. The molecule has 0 rings (SSSR count). The molecule has 8 heavy (non-hydrogen) atoms. The highest BCUT2D eigenvalue weighted by atomic mass is 127. The molecule has 0 saturated carbocycles. The van der Waals surface area contributed by atoms with Crippen LogP contribution in [0.5, 0.6) is 0 Å². The molecular formula is C4H6F3I. The van der Waals surface area contributed by atoms with E-state index in [-0.39, 0.29) is 4.43 Å². The van der Waals surface area contributed by atoms with Gasteiger partial charge in [-0.2, -0.15) is 13.2 Å². The Balaban J connectivity index is 3.62. The van der Waals surface area contributed by atoms with Crippen LogP contribution >= 0.6 is 22.6 Å². The molecule has 4 heteroatoms. The predicted octanol–water partition coefficient (Wildman–Crippen LogP) is 2.62. The second-order valence-electron chi connectivity index (χ2n) is 1.60. The summed E-state index contributed by atoms with van der Waals surface area (Å²) >= 11 is 1.72. The molecule has 0 bridgehead atoms. The van der Waals surface area contributed by atoms with E-state index in [9.17, 15) is 13.2 Å². The Hall–Kier alpha value is 0.520.